The molecule has 0 aliphatic carbocycles. The minimum Gasteiger partial charge on any atom is -0.392 e. The van der Waals surface area contributed by atoms with Crippen LogP contribution in [0, 0.1) is 17.1 Å². The van der Waals surface area contributed by atoms with Crippen molar-refractivity contribution in [2.45, 2.75) is 19.3 Å². The second kappa shape index (κ2) is 6.27. The van der Waals surface area contributed by atoms with Crippen LogP contribution in [-0.2, 0) is 14.3 Å². The number of nitriles is 1. The standard InChI is InChI=1S/C13H13FN2O3/c1-9-17-7-10(19-9)8-18-16-13(6-15)11-4-2-3-5-12(11)14/h2-5,9-10H,7-8H2,1H3. The van der Waals surface area contributed by atoms with Crippen molar-refractivity contribution in [2.75, 3.05) is 13.2 Å². The maximum atomic E-state index is 13.5. The molecule has 1 aliphatic rings. The second-order valence-electron chi connectivity index (χ2n) is 3.99. The van der Waals surface area contributed by atoms with E-state index >= 15 is 0 Å². The van der Waals surface area contributed by atoms with Gasteiger partial charge in [-0.05, 0) is 19.1 Å². The molecule has 6 heteroatoms. The van der Waals surface area contributed by atoms with Gasteiger partial charge in [-0.25, -0.2) is 4.39 Å². The third-order valence-corrected chi connectivity index (χ3v) is 2.55. The smallest absolute Gasteiger partial charge is 0.189 e. The Bertz CT molecular complexity index is 513. The highest BCUT2D eigenvalue weighted by molar-refractivity contribution is 6.11. The van der Waals surface area contributed by atoms with Gasteiger partial charge in [0.15, 0.2) is 12.0 Å². The molecule has 1 fully saturated rings. The molecule has 1 saturated heterocycles. The highest BCUT2D eigenvalue weighted by Gasteiger charge is 2.23. The second-order valence-corrected chi connectivity index (χ2v) is 3.99. The Kier molecular flexibility index (Phi) is 4.44. The third kappa shape index (κ3) is 3.50. The molecule has 0 aromatic heterocycles. The number of halogens is 1. The molecular weight excluding hydrogens is 251 g/mol. The van der Waals surface area contributed by atoms with Gasteiger partial charge in [-0.1, -0.05) is 17.3 Å². The lowest BCUT2D eigenvalue weighted by Crippen LogP contribution is -2.17. The van der Waals surface area contributed by atoms with Crippen LogP contribution in [0.2, 0.25) is 0 Å². The number of nitrogens with zero attached hydrogens (tertiary/aromatic N) is 2. The Morgan fingerprint density at radius 3 is 3.00 bits per heavy atom. The van der Waals surface area contributed by atoms with Crippen LogP contribution in [0.25, 0.3) is 0 Å². The summed E-state index contributed by atoms with van der Waals surface area (Å²) in [7, 11) is 0. The van der Waals surface area contributed by atoms with Crippen LogP contribution in [0.3, 0.4) is 0 Å². The van der Waals surface area contributed by atoms with Crippen LogP contribution in [0.4, 0.5) is 4.39 Å². The lowest BCUT2D eigenvalue weighted by Gasteiger charge is -2.07. The first-order valence-corrected chi connectivity index (χ1v) is 5.82. The zero-order valence-electron chi connectivity index (χ0n) is 10.4. The van der Waals surface area contributed by atoms with Crippen LogP contribution in [0.5, 0.6) is 0 Å². The Labute approximate surface area is 110 Å². The van der Waals surface area contributed by atoms with Crippen molar-refractivity contribution < 1.29 is 18.7 Å². The van der Waals surface area contributed by atoms with Crippen molar-refractivity contribution in [1.29, 1.82) is 5.26 Å². The van der Waals surface area contributed by atoms with Gasteiger partial charge in [-0.2, -0.15) is 5.26 Å². The molecule has 0 spiro atoms. The zero-order chi connectivity index (χ0) is 13.7. The summed E-state index contributed by atoms with van der Waals surface area (Å²) in [5.41, 5.74) is 0.00650. The average molecular weight is 264 g/mol. The summed E-state index contributed by atoms with van der Waals surface area (Å²) in [5.74, 6) is -0.513. The highest BCUT2D eigenvalue weighted by Crippen LogP contribution is 2.12. The summed E-state index contributed by atoms with van der Waals surface area (Å²) in [6.07, 6.45) is -0.487. The van der Waals surface area contributed by atoms with Gasteiger partial charge >= 0.3 is 0 Å². The van der Waals surface area contributed by atoms with Gasteiger partial charge in [0.25, 0.3) is 0 Å². The Hall–Kier alpha value is -1.97. The number of hydrogen-bond acceptors (Lipinski definition) is 5. The van der Waals surface area contributed by atoms with Crippen molar-refractivity contribution in [3.8, 4) is 6.07 Å². The summed E-state index contributed by atoms with van der Waals surface area (Å²) >= 11 is 0. The minimum atomic E-state index is -0.513. The summed E-state index contributed by atoms with van der Waals surface area (Å²) in [6.45, 7) is 2.35. The van der Waals surface area contributed by atoms with Crippen molar-refractivity contribution in [1.82, 2.24) is 0 Å². The van der Waals surface area contributed by atoms with Crippen LogP contribution < -0.4 is 0 Å². The molecular formula is C13H13FN2O3. The predicted molar refractivity (Wildman–Crippen MR) is 64.8 cm³/mol. The fraction of sp³-hybridized carbons (Fsp3) is 0.385. The fourth-order valence-electron chi connectivity index (χ4n) is 1.65. The van der Waals surface area contributed by atoms with Gasteiger partial charge in [0.1, 0.15) is 24.6 Å². The maximum Gasteiger partial charge on any atom is 0.189 e. The van der Waals surface area contributed by atoms with Crippen LogP contribution in [0.1, 0.15) is 12.5 Å². The molecule has 5 nitrogen and oxygen atoms in total. The van der Waals surface area contributed by atoms with E-state index in [4.69, 9.17) is 19.6 Å². The molecule has 0 amide bonds. The summed E-state index contributed by atoms with van der Waals surface area (Å²) in [6, 6.07) is 7.71. The van der Waals surface area contributed by atoms with E-state index < -0.39 is 5.82 Å². The van der Waals surface area contributed by atoms with Gasteiger partial charge < -0.3 is 14.3 Å². The average Bonchev–Trinajstić information content (AvgIpc) is 2.82. The number of oxime groups is 1. The van der Waals surface area contributed by atoms with Gasteiger partial charge in [0.2, 0.25) is 0 Å². The van der Waals surface area contributed by atoms with E-state index in [2.05, 4.69) is 5.16 Å². The van der Waals surface area contributed by atoms with Gasteiger partial charge in [0.05, 0.1) is 12.2 Å². The maximum absolute atomic E-state index is 13.5. The van der Waals surface area contributed by atoms with Crippen LogP contribution in [0.15, 0.2) is 29.4 Å². The van der Waals surface area contributed by atoms with E-state index in [0.717, 1.165) is 0 Å². The third-order valence-electron chi connectivity index (χ3n) is 2.55. The molecule has 1 aromatic carbocycles. The topological polar surface area (TPSA) is 63.8 Å². The molecule has 0 saturated carbocycles. The highest BCUT2D eigenvalue weighted by atomic mass is 19.1. The zero-order valence-corrected chi connectivity index (χ0v) is 10.4. The molecule has 1 heterocycles. The Balaban J connectivity index is 1.97. The molecule has 2 rings (SSSR count). The van der Waals surface area contributed by atoms with E-state index in [1.165, 1.54) is 12.1 Å². The van der Waals surface area contributed by atoms with Crippen molar-refractivity contribution in [3.63, 3.8) is 0 Å². The van der Waals surface area contributed by atoms with Gasteiger partial charge in [-0.3, -0.25) is 0 Å². The lowest BCUT2D eigenvalue weighted by atomic mass is 10.1. The molecule has 0 N–H and O–H groups in total. The first-order chi connectivity index (χ1) is 9.20. The van der Waals surface area contributed by atoms with Gasteiger partial charge in [0, 0.05) is 0 Å². The predicted octanol–water partition coefficient (Wildman–Crippen LogP) is 1.83. The largest absolute Gasteiger partial charge is 0.392 e. The molecule has 0 bridgehead atoms. The Morgan fingerprint density at radius 1 is 1.58 bits per heavy atom. The van der Waals surface area contributed by atoms with E-state index in [-0.39, 0.29) is 30.3 Å². The van der Waals surface area contributed by atoms with E-state index in [0.29, 0.717) is 6.61 Å². The minimum absolute atomic E-state index is 0.106. The molecule has 1 aromatic rings. The molecule has 0 radical (unpaired) electrons. The summed E-state index contributed by atoms with van der Waals surface area (Å²) in [5, 5.41) is 12.6. The van der Waals surface area contributed by atoms with Crippen LogP contribution in [-0.4, -0.2) is 31.3 Å². The van der Waals surface area contributed by atoms with Crippen molar-refractivity contribution in [3.05, 3.63) is 35.6 Å². The first-order valence-electron chi connectivity index (χ1n) is 5.82. The summed E-state index contributed by atoms with van der Waals surface area (Å²) < 4.78 is 24.0. The molecule has 100 valence electrons. The number of ether oxygens (including phenoxy) is 2. The monoisotopic (exact) mass is 264 g/mol. The van der Waals surface area contributed by atoms with Crippen molar-refractivity contribution in [2.24, 2.45) is 5.16 Å². The van der Waals surface area contributed by atoms with E-state index in [1.54, 1.807) is 25.1 Å². The SMILES string of the molecule is CC1OCC(CON=C(C#N)c2ccccc2F)O1. The quantitative estimate of drug-likeness (QED) is 0.614. The molecule has 2 atom stereocenters. The van der Waals surface area contributed by atoms with Crippen LogP contribution >= 0.6 is 0 Å². The van der Waals surface area contributed by atoms with Crippen molar-refractivity contribution >= 4 is 5.71 Å². The molecule has 2 unspecified atom stereocenters. The normalized spacial score (nSPS) is 23.1. The lowest BCUT2D eigenvalue weighted by molar-refractivity contribution is -0.0578. The Morgan fingerprint density at radius 2 is 2.37 bits per heavy atom. The fourth-order valence-corrected chi connectivity index (χ4v) is 1.65. The van der Waals surface area contributed by atoms with Gasteiger partial charge in [-0.15, -0.1) is 0 Å². The summed E-state index contributed by atoms with van der Waals surface area (Å²) in [4.78, 5) is 5.02. The van der Waals surface area contributed by atoms with E-state index in [9.17, 15) is 4.39 Å². The van der Waals surface area contributed by atoms with E-state index in [1.807, 2.05) is 0 Å². The molecule has 19 heavy (non-hydrogen) atoms. The number of benzene rings is 1. The number of hydrogen-bond donors (Lipinski definition) is 0. The molecule has 1 aliphatic heterocycles. The number of rotatable bonds is 4. The first kappa shape index (κ1) is 13.5.